The third-order valence-corrected chi connectivity index (χ3v) is 6.95. The van der Waals surface area contributed by atoms with Gasteiger partial charge in [0.15, 0.2) is 0 Å². The number of nitrogens with one attached hydrogen (secondary N) is 3. The minimum Gasteiger partial charge on any atom is -0.427 e. The fraction of sp³-hybridized carbons (Fsp3) is 0.360. The first kappa shape index (κ1) is 27.2. The number of carbonyl (C=O) groups excluding carboxylic acids is 4. The van der Waals surface area contributed by atoms with Gasteiger partial charge in [-0.25, -0.2) is 9.59 Å². The molecule has 2 aliphatic rings. The van der Waals surface area contributed by atoms with E-state index in [4.69, 9.17) is 16.3 Å². The van der Waals surface area contributed by atoms with Gasteiger partial charge in [0.2, 0.25) is 11.5 Å². The van der Waals surface area contributed by atoms with E-state index in [2.05, 4.69) is 16.0 Å². The van der Waals surface area contributed by atoms with Crippen molar-refractivity contribution in [3.05, 3.63) is 64.2 Å². The summed E-state index contributed by atoms with van der Waals surface area (Å²) in [6.45, 7) is 0.544. The molecule has 9 nitrogen and oxygen atoms in total. The van der Waals surface area contributed by atoms with Crippen molar-refractivity contribution in [1.29, 1.82) is 0 Å². The van der Waals surface area contributed by atoms with Gasteiger partial charge in [0, 0.05) is 42.7 Å². The van der Waals surface area contributed by atoms with Crippen LogP contribution in [-0.2, 0) is 26.5 Å². The van der Waals surface area contributed by atoms with Crippen molar-refractivity contribution < 1.29 is 37.1 Å². The molecule has 5 amide bonds. The molecule has 1 aliphatic heterocycles. The van der Waals surface area contributed by atoms with Crippen molar-refractivity contribution in [3.8, 4) is 0 Å². The number of anilines is 1. The summed E-state index contributed by atoms with van der Waals surface area (Å²) < 4.78 is 46.6. The number of rotatable bonds is 6. The fourth-order valence-corrected chi connectivity index (χ4v) is 5.01. The third kappa shape index (κ3) is 5.26. The highest BCUT2D eigenvalue weighted by Gasteiger charge is 2.57. The first-order valence-electron chi connectivity index (χ1n) is 11.6. The molecule has 3 atom stereocenters. The van der Waals surface area contributed by atoms with Gasteiger partial charge in [0.05, 0.1) is 0 Å². The van der Waals surface area contributed by atoms with Crippen molar-refractivity contribution in [2.45, 2.75) is 50.0 Å². The number of hydrogen-bond acceptors (Lipinski definition) is 5. The summed E-state index contributed by atoms with van der Waals surface area (Å²) in [5, 5.41) is 7.37. The Kier molecular flexibility index (Phi) is 7.29. The minimum atomic E-state index is -4.70. The number of benzene rings is 2. The molecule has 1 aliphatic carbocycles. The van der Waals surface area contributed by atoms with Crippen molar-refractivity contribution in [2.75, 3.05) is 12.4 Å². The molecule has 202 valence electrons. The van der Waals surface area contributed by atoms with Crippen molar-refractivity contribution in [3.63, 3.8) is 0 Å². The molecule has 2 aromatic rings. The molecule has 1 heterocycles. The van der Waals surface area contributed by atoms with Crippen LogP contribution in [0.4, 0.5) is 28.4 Å². The molecule has 38 heavy (non-hydrogen) atoms. The molecule has 13 heteroatoms. The lowest BCUT2D eigenvalue weighted by Gasteiger charge is -2.32. The summed E-state index contributed by atoms with van der Waals surface area (Å²) in [5.74, 6) is -2.34. The SMILES string of the molecule is CNC(=O)Nc1ccc2c(c1)C(CC(=O)N(Cc1cccc(Cl)c1)[C@@H](C)C(F)(F)F)CC21OC(=O)NC1=O. The molecular weight excluding hydrogens is 529 g/mol. The van der Waals surface area contributed by atoms with Gasteiger partial charge >= 0.3 is 18.3 Å². The van der Waals surface area contributed by atoms with Crippen LogP contribution >= 0.6 is 11.6 Å². The number of carbonyl (C=O) groups is 4. The number of amides is 5. The van der Waals surface area contributed by atoms with E-state index in [1.165, 1.54) is 31.3 Å². The predicted octanol–water partition coefficient (Wildman–Crippen LogP) is 4.41. The summed E-state index contributed by atoms with van der Waals surface area (Å²) in [6, 6.07) is 8.05. The van der Waals surface area contributed by atoms with Gasteiger partial charge < -0.3 is 20.3 Å². The van der Waals surface area contributed by atoms with Crippen LogP contribution in [0.15, 0.2) is 42.5 Å². The summed E-state index contributed by atoms with van der Waals surface area (Å²) in [4.78, 5) is 50.6. The lowest BCUT2D eigenvalue weighted by molar-refractivity contribution is -0.187. The number of alkyl halides is 3. The van der Waals surface area contributed by atoms with Crippen LogP contribution in [0.1, 0.15) is 42.4 Å². The average Bonchev–Trinajstić information content (AvgIpc) is 3.30. The molecule has 3 N–H and O–H groups in total. The van der Waals surface area contributed by atoms with E-state index in [9.17, 15) is 32.3 Å². The van der Waals surface area contributed by atoms with E-state index >= 15 is 0 Å². The molecule has 1 fully saturated rings. The van der Waals surface area contributed by atoms with Crippen LogP contribution in [0.3, 0.4) is 0 Å². The smallest absolute Gasteiger partial charge is 0.415 e. The Morgan fingerprint density at radius 1 is 1.24 bits per heavy atom. The third-order valence-electron chi connectivity index (χ3n) is 6.72. The largest absolute Gasteiger partial charge is 0.427 e. The van der Waals surface area contributed by atoms with E-state index in [0.717, 1.165) is 6.92 Å². The molecule has 0 saturated carbocycles. The fourth-order valence-electron chi connectivity index (χ4n) is 4.80. The van der Waals surface area contributed by atoms with Crippen LogP contribution in [-0.4, -0.2) is 48.1 Å². The van der Waals surface area contributed by atoms with E-state index in [-0.39, 0.29) is 13.0 Å². The maximum atomic E-state index is 13.8. The Bertz CT molecular complexity index is 1300. The van der Waals surface area contributed by atoms with Crippen LogP contribution in [0.5, 0.6) is 0 Å². The number of halogens is 4. The predicted molar refractivity (Wildman–Crippen MR) is 130 cm³/mol. The van der Waals surface area contributed by atoms with Crippen LogP contribution in [0.25, 0.3) is 0 Å². The number of hydrogen-bond donors (Lipinski definition) is 3. The highest BCUT2D eigenvalue weighted by Crippen LogP contribution is 2.51. The summed E-state index contributed by atoms with van der Waals surface area (Å²) in [6.07, 6.45) is -6.23. The molecule has 0 aromatic heterocycles. The maximum absolute atomic E-state index is 13.8. The second-order valence-corrected chi connectivity index (χ2v) is 9.59. The summed E-state index contributed by atoms with van der Waals surface area (Å²) >= 11 is 5.99. The second kappa shape index (κ2) is 10.2. The molecule has 1 saturated heterocycles. The minimum absolute atomic E-state index is 0.152. The summed E-state index contributed by atoms with van der Waals surface area (Å²) in [5.41, 5.74) is -0.296. The quantitative estimate of drug-likeness (QED) is 0.491. The Morgan fingerprint density at radius 2 is 1.97 bits per heavy atom. The van der Waals surface area contributed by atoms with Crippen molar-refractivity contribution >= 4 is 41.2 Å². The number of nitrogens with zero attached hydrogens (tertiary/aromatic N) is 1. The van der Waals surface area contributed by atoms with Crippen LogP contribution < -0.4 is 16.0 Å². The first-order valence-corrected chi connectivity index (χ1v) is 12.0. The number of ether oxygens (including phenoxy) is 1. The average molecular weight is 553 g/mol. The molecule has 2 unspecified atom stereocenters. The van der Waals surface area contributed by atoms with E-state index in [1.807, 2.05) is 0 Å². The molecule has 4 rings (SSSR count). The van der Waals surface area contributed by atoms with Gasteiger partial charge in [-0.3, -0.25) is 14.9 Å². The molecule has 0 bridgehead atoms. The van der Waals surface area contributed by atoms with Gasteiger partial charge in [-0.2, -0.15) is 13.2 Å². The van der Waals surface area contributed by atoms with E-state index in [1.54, 1.807) is 18.2 Å². The number of imide groups is 1. The van der Waals surface area contributed by atoms with Gasteiger partial charge in [-0.1, -0.05) is 29.8 Å². The molecule has 1 spiro atoms. The van der Waals surface area contributed by atoms with Crippen LogP contribution in [0, 0.1) is 0 Å². The molecule has 2 aromatic carbocycles. The number of urea groups is 1. The van der Waals surface area contributed by atoms with E-state index < -0.39 is 54.1 Å². The Labute approximate surface area is 220 Å². The highest BCUT2D eigenvalue weighted by atomic mass is 35.5. The molecule has 0 radical (unpaired) electrons. The molecular formula is C25H24ClF3N4O5. The zero-order chi connectivity index (χ0) is 27.8. The highest BCUT2D eigenvalue weighted by molar-refractivity contribution is 6.30. The van der Waals surface area contributed by atoms with Gasteiger partial charge in [0.25, 0.3) is 5.91 Å². The van der Waals surface area contributed by atoms with Crippen molar-refractivity contribution in [2.24, 2.45) is 0 Å². The van der Waals surface area contributed by atoms with Crippen LogP contribution in [0.2, 0.25) is 5.02 Å². The lowest BCUT2D eigenvalue weighted by Crippen LogP contribution is -2.46. The Morgan fingerprint density at radius 3 is 2.58 bits per heavy atom. The first-order chi connectivity index (χ1) is 17.8. The normalized spacial score (nSPS) is 20.9. The summed E-state index contributed by atoms with van der Waals surface area (Å²) in [7, 11) is 1.41. The monoisotopic (exact) mass is 552 g/mol. The van der Waals surface area contributed by atoms with Gasteiger partial charge in [-0.15, -0.1) is 0 Å². The van der Waals surface area contributed by atoms with Gasteiger partial charge in [0.1, 0.15) is 6.04 Å². The van der Waals surface area contributed by atoms with E-state index in [0.29, 0.717) is 32.3 Å². The topological polar surface area (TPSA) is 117 Å². The van der Waals surface area contributed by atoms with Crippen molar-refractivity contribution in [1.82, 2.24) is 15.5 Å². The Hall–Kier alpha value is -3.80. The van der Waals surface area contributed by atoms with Gasteiger partial charge in [-0.05, 0) is 48.2 Å². The standard InChI is InChI=1S/C25H24ClF3N4O5/c1-13(25(27,28)29)33(12-14-4-3-5-16(26)8-14)20(34)9-15-11-24(21(35)32-23(37)38-24)19-7-6-17(10-18(15)19)31-22(36)30-2/h3-8,10,13,15H,9,11-12H2,1-2H3,(H2,30,31,36)(H,32,35,37)/t13-,15?,24?/m0/s1. The Balaban J connectivity index is 1.68. The number of alkyl carbamates (subject to hydrolysis) is 1. The number of fused-ring (bicyclic) bond motifs is 2. The second-order valence-electron chi connectivity index (χ2n) is 9.15. The zero-order valence-electron chi connectivity index (χ0n) is 20.3. The zero-order valence-corrected chi connectivity index (χ0v) is 21.1. The lowest BCUT2D eigenvalue weighted by atomic mass is 9.94. The maximum Gasteiger partial charge on any atom is 0.415 e.